The number of benzene rings is 1. The minimum atomic E-state index is -2.14. The Morgan fingerprint density at radius 3 is 2.39 bits per heavy atom. The zero-order valence-corrected chi connectivity index (χ0v) is 13.9. The molecule has 0 spiro atoms. The normalized spacial score (nSPS) is 32.0. The number of hydrogen-bond acceptors (Lipinski definition) is 5. The van der Waals surface area contributed by atoms with Crippen molar-refractivity contribution in [3.8, 4) is 0 Å². The van der Waals surface area contributed by atoms with E-state index in [-0.39, 0.29) is 18.1 Å². The van der Waals surface area contributed by atoms with Crippen LogP contribution in [-0.4, -0.2) is 44.5 Å². The molecule has 128 valence electrons. The molecule has 0 fully saturated rings. The van der Waals surface area contributed by atoms with Gasteiger partial charge in [-0.3, -0.25) is 4.79 Å². The van der Waals surface area contributed by atoms with Gasteiger partial charge < -0.3 is 20.4 Å². The third-order valence-electron chi connectivity index (χ3n) is 5.12. The maximum atomic E-state index is 12.6. The third-order valence-corrected chi connectivity index (χ3v) is 5.12. The molecule has 1 aromatic rings. The van der Waals surface area contributed by atoms with E-state index < -0.39 is 29.8 Å². The third kappa shape index (κ3) is 2.62. The average molecular weight is 322 g/mol. The summed E-state index contributed by atoms with van der Waals surface area (Å²) in [7, 11) is 0. The first-order valence-corrected chi connectivity index (χ1v) is 8.07. The van der Waals surface area contributed by atoms with E-state index in [1.54, 1.807) is 24.3 Å². The first kappa shape index (κ1) is 18.1. The molecule has 1 aliphatic rings. The number of rotatable bonds is 5. The Kier molecular flexibility index (Phi) is 4.97. The second-order valence-corrected chi connectivity index (χ2v) is 6.95. The zero-order chi connectivity index (χ0) is 17.4. The van der Waals surface area contributed by atoms with Crippen LogP contribution in [0.2, 0.25) is 0 Å². The van der Waals surface area contributed by atoms with Gasteiger partial charge in [-0.1, -0.05) is 45.0 Å². The van der Waals surface area contributed by atoms with Crippen LogP contribution in [0.15, 0.2) is 24.3 Å². The van der Waals surface area contributed by atoms with Crippen LogP contribution in [0.4, 0.5) is 0 Å². The number of carbonyl (C=O) groups excluding carboxylic acids is 1. The molecule has 5 heteroatoms. The van der Waals surface area contributed by atoms with Gasteiger partial charge in [0.2, 0.25) is 0 Å². The van der Waals surface area contributed by atoms with Crippen LogP contribution in [0.3, 0.4) is 0 Å². The van der Waals surface area contributed by atoms with Crippen molar-refractivity contribution >= 4 is 5.78 Å². The molecule has 23 heavy (non-hydrogen) atoms. The van der Waals surface area contributed by atoms with Crippen molar-refractivity contribution in [1.82, 2.24) is 0 Å². The summed E-state index contributed by atoms with van der Waals surface area (Å²) in [5.74, 6) is -1.10. The van der Waals surface area contributed by atoms with E-state index in [1.165, 1.54) is 6.92 Å². The summed E-state index contributed by atoms with van der Waals surface area (Å²) >= 11 is 0. The van der Waals surface area contributed by atoms with Gasteiger partial charge in [-0.2, -0.15) is 0 Å². The topological polar surface area (TPSA) is 98.0 Å². The average Bonchev–Trinajstić information content (AvgIpc) is 2.55. The van der Waals surface area contributed by atoms with E-state index in [1.807, 2.05) is 13.8 Å². The molecule has 0 aromatic heterocycles. The number of aliphatic hydroxyl groups excluding tert-OH is 2. The van der Waals surface area contributed by atoms with E-state index in [0.717, 1.165) is 0 Å². The molecular weight excluding hydrogens is 296 g/mol. The lowest BCUT2D eigenvalue weighted by Crippen LogP contribution is -2.68. The van der Waals surface area contributed by atoms with Crippen LogP contribution < -0.4 is 0 Å². The number of fused-ring (bicyclic) bond motifs is 1. The lowest BCUT2D eigenvalue weighted by molar-refractivity contribution is -0.238. The molecule has 0 saturated heterocycles. The van der Waals surface area contributed by atoms with Gasteiger partial charge in [-0.05, 0) is 24.3 Å². The smallest absolute Gasteiger partial charge is 0.169 e. The van der Waals surface area contributed by atoms with Crippen molar-refractivity contribution in [1.29, 1.82) is 0 Å². The molecule has 1 aliphatic carbocycles. The predicted octanol–water partition coefficient (Wildman–Crippen LogP) is 1.23. The summed E-state index contributed by atoms with van der Waals surface area (Å²) < 4.78 is 0. The Bertz CT molecular complexity index is 585. The number of Topliss-reactive ketones (excluding diaryl/α,β-unsaturated/α-hetero) is 1. The Morgan fingerprint density at radius 1 is 1.22 bits per heavy atom. The van der Waals surface area contributed by atoms with Gasteiger partial charge in [0.1, 0.15) is 17.3 Å². The lowest BCUT2D eigenvalue weighted by Gasteiger charge is -2.52. The molecule has 2 rings (SSSR count). The highest BCUT2D eigenvalue weighted by Gasteiger charge is 2.63. The highest BCUT2D eigenvalue weighted by molar-refractivity contribution is 6.01. The van der Waals surface area contributed by atoms with Gasteiger partial charge >= 0.3 is 0 Å². The van der Waals surface area contributed by atoms with Crippen molar-refractivity contribution in [2.75, 3.05) is 6.61 Å². The molecule has 1 aromatic carbocycles. The van der Waals surface area contributed by atoms with E-state index in [9.17, 15) is 25.2 Å². The number of aliphatic hydroxyl groups is 4. The Hall–Kier alpha value is -1.27. The van der Waals surface area contributed by atoms with Crippen molar-refractivity contribution in [2.45, 2.75) is 50.9 Å². The summed E-state index contributed by atoms with van der Waals surface area (Å²) in [5.41, 5.74) is -3.26. The molecule has 0 bridgehead atoms. The molecule has 4 atom stereocenters. The monoisotopic (exact) mass is 322 g/mol. The van der Waals surface area contributed by atoms with E-state index in [4.69, 9.17) is 0 Å². The van der Waals surface area contributed by atoms with Gasteiger partial charge in [0.15, 0.2) is 5.78 Å². The van der Waals surface area contributed by atoms with Crippen molar-refractivity contribution in [2.24, 2.45) is 11.8 Å². The fourth-order valence-electron chi connectivity index (χ4n) is 3.60. The minimum absolute atomic E-state index is 0.187. The first-order chi connectivity index (χ1) is 10.7. The minimum Gasteiger partial charge on any atom is -0.394 e. The Labute approximate surface area is 136 Å². The molecule has 0 amide bonds. The van der Waals surface area contributed by atoms with Crippen LogP contribution in [-0.2, 0) is 5.60 Å². The van der Waals surface area contributed by atoms with Gasteiger partial charge in [0, 0.05) is 5.56 Å². The van der Waals surface area contributed by atoms with Crippen molar-refractivity contribution in [3.63, 3.8) is 0 Å². The van der Waals surface area contributed by atoms with Crippen LogP contribution in [0.5, 0.6) is 0 Å². The SMILES string of the molecule is CC(C)CC[C@@]1(O)c2ccccc2C(=O)[C@H](C)[C@]1(O)C(O)CO. The second-order valence-electron chi connectivity index (χ2n) is 6.95. The van der Waals surface area contributed by atoms with Crippen molar-refractivity contribution < 1.29 is 25.2 Å². The van der Waals surface area contributed by atoms with Gasteiger partial charge in [0.25, 0.3) is 0 Å². The largest absolute Gasteiger partial charge is 0.394 e. The molecule has 1 unspecified atom stereocenters. The summed E-state index contributed by atoms with van der Waals surface area (Å²) in [5, 5.41) is 42.2. The Balaban J connectivity index is 2.67. The van der Waals surface area contributed by atoms with Gasteiger partial charge in [0.05, 0.1) is 12.5 Å². The van der Waals surface area contributed by atoms with Gasteiger partial charge in [-0.25, -0.2) is 0 Å². The molecule has 0 radical (unpaired) electrons. The maximum Gasteiger partial charge on any atom is 0.169 e. The molecule has 0 heterocycles. The van der Waals surface area contributed by atoms with Crippen LogP contribution in [0, 0.1) is 11.8 Å². The molecule has 5 nitrogen and oxygen atoms in total. The first-order valence-electron chi connectivity index (χ1n) is 8.07. The fraction of sp³-hybridized carbons (Fsp3) is 0.611. The summed E-state index contributed by atoms with van der Waals surface area (Å²) in [6, 6.07) is 6.63. The van der Waals surface area contributed by atoms with E-state index >= 15 is 0 Å². The highest BCUT2D eigenvalue weighted by atomic mass is 16.4. The Morgan fingerprint density at radius 2 is 1.83 bits per heavy atom. The van der Waals surface area contributed by atoms with Gasteiger partial charge in [-0.15, -0.1) is 0 Å². The van der Waals surface area contributed by atoms with Crippen LogP contribution >= 0.6 is 0 Å². The second kappa shape index (κ2) is 6.32. The highest BCUT2D eigenvalue weighted by Crippen LogP contribution is 2.50. The molecule has 4 N–H and O–H groups in total. The number of ketones is 1. The molecule has 0 aliphatic heterocycles. The van der Waals surface area contributed by atoms with Crippen molar-refractivity contribution in [3.05, 3.63) is 35.4 Å². The van der Waals surface area contributed by atoms with Crippen LogP contribution in [0.25, 0.3) is 0 Å². The summed E-state index contributed by atoms with van der Waals surface area (Å²) in [6.07, 6.45) is -0.828. The lowest BCUT2D eigenvalue weighted by atomic mass is 9.59. The molecular formula is C18H26O5. The molecule has 0 saturated carbocycles. The predicted molar refractivity (Wildman–Crippen MR) is 85.9 cm³/mol. The van der Waals surface area contributed by atoms with E-state index in [0.29, 0.717) is 17.5 Å². The number of carbonyl (C=O) groups is 1. The maximum absolute atomic E-state index is 12.6. The standard InChI is InChI=1S/C18H26O5/c1-11(2)8-9-17(22)14-7-5-4-6-13(14)16(21)12(3)18(17,23)15(20)10-19/h4-7,11-12,15,19-20,22-23H,8-10H2,1-3H3/t12-,15?,17+,18-/m0/s1. The zero-order valence-electron chi connectivity index (χ0n) is 13.9. The quantitative estimate of drug-likeness (QED) is 0.653. The van der Waals surface area contributed by atoms with Crippen LogP contribution in [0.1, 0.15) is 49.5 Å². The van der Waals surface area contributed by atoms with E-state index in [2.05, 4.69) is 0 Å². The summed E-state index contributed by atoms with van der Waals surface area (Å²) in [4.78, 5) is 12.6. The number of hydrogen-bond donors (Lipinski definition) is 4. The summed E-state index contributed by atoms with van der Waals surface area (Å²) in [6.45, 7) is 4.74. The fourth-order valence-corrected chi connectivity index (χ4v) is 3.60.